The normalized spacial score (nSPS) is 10.3. The van der Waals surface area contributed by atoms with E-state index in [9.17, 15) is 4.79 Å². The molecule has 0 fully saturated rings. The van der Waals surface area contributed by atoms with Crippen LogP contribution in [-0.4, -0.2) is 45.5 Å². The lowest BCUT2D eigenvalue weighted by Gasteiger charge is -2.21. The Morgan fingerprint density at radius 1 is 1.33 bits per heavy atom. The first-order valence-electron chi connectivity index (χ1n) is 5.80. The summed E-state index contributed by atoms with van der Waals surface area (Å²) in [6.07, 6.45) is 0. The van der Waals surface area contributed by atoms with Gasteiger partial charge in [-0.25, -0.2) is 0 Å². The lowest BCUT2D eigenvalue weighted by Crippen LogP contribution is -2.34. The van der Waals surface area contributed by atoms with E-state index in [2.05, 4.69) is 5.32 Å². The fourth-order valence-electron chi connectivity index (χ4n) is 1.54. The van der Waals surface area contributed by atoms with Gasteiger partial charge in [0.05, 0.1) is 6.54 Å². The lowest BCUT2D eigenvalue weighted by molar-refractivity contribution is -0.127. The second-order valence-electron chi connectivity index (χ2n) is 4.45. The van der Waals surface area contributed by atoms with Crippen LogP contribution in [0.1, 0.15) is 5.56 Å². The summed E-state index contributed by atoms with van der Waals surface area (Å²) < 4.78 is 0. The highest BCUT2D eigenvalue weighted by atomic mass is 35.5. The van der Waals surface area contributed by atoms with E-state index in [0.29, 0.717) is 11.6 Å². The lowest BCUT2D eigenvalue weighted by atomic mass is 10.2. The number of carbonyl (C=O) groups excluding carboxylic acids is 1. The Kier molecular flexibility index (Phi) is 5.44. The Balaban J connectivity index is 2.78. The third kappa shape index (κ3) is 3.89. The van der Waals surface area contributed by atoms with Crippen LogP contribution in [0.25, 0.3) is 0 Å². The van der Waals surface area contributed by atoms with E-state index < -0.39 is 0 Å². The fraction of sp³-hybridized carbons (Fsp3) is 0.462. The monoisotopic (exact) mass is 269 g/mol. The molecule has 0 atom stereocenters. The molecule has 1 aromatic carbocycles. The average molecular weight is 270 g/mol. The van der Waals surface area contributed by atoms with Gasteiger partial charge in [-0.05, 0) is 24.7 Å². The third-order valence-electron chi connectivity index (χ3n) is 2.72. The zero-order chi connectivity index (χ0) is 13.7. The highest BCUT2D eigenvalue weighted by Crippen LogP contribution is 2.23. The molecule has 0 saturated carbocycles. The van der Waals surface area contributed by atoms with Crippen molar-refractivity contribution in [2.45, 2.75) is 6.54 Å². The van der Waals surface area contributed by atoms with Gasteiger partial charge in [-0.3, -0.25) is 4.79 Å². The molecule has 0 aliphatic carbocycles. The zero-order valence-electron chi connectivity index (χ0n) is 11.3. The highest BCUT2D eigenvalue weighted by molar-refractivity contribution is 6.31. The van der Waals surface area contributed by atoms with Crippen molar-refractivity contribution in [2.24, 2.45) is 0 Å². The maximum Gasteiger partial charge on any atom is 0.241 e. The molecule has 0 radical (unpaired) electrons. The van der Waals surface area contributed by atoms with Gasteiger partial charge in [-0.15, -0.1) is 0 Å². The third-order valence-corrected chi connectivity index (χ3v) is 3.07. The van der Waals surface area contributed by atoms with Crippen molar-refractivity contribution in [2.75, 3.05) is 39.6 Å². The summed E-state index contributed by atoms with van der Waals surface area (Å²) >= 11 is 6.19. The molecule has 5 heteroatoms. The van der Waals surface area contributed by atoms with Crippen molar-refractivity contribution in [3.8, 4) is 0 Å². The Morgan fingerprint density at radius 3 is 2.50 bits per heavy atom. The molecule has 1 amide bonds. The quantitative estimate of drug-likeness (QED) is 0.882. The first-order valence-corrected chi connectivity index (χ1v) is 6.17. The van der Waals surface area contributed by atoms with Crippen LogP contribution in [0.3, 0.4) is 0 Å². The van der Waals surface area contributed by atoms with Gasteiger partial charge in [0, 0.05) is 38.4 Å². The maximum atomic E-state index is 11.6. The number of hydrogen-bond acceptors (Lipinski definition) is 3. The van der Waals surface area contributed by atoms with E-state index in [1.165, 1.54) is 0 Å². The molecule has 0 unspecified atom stereocenters. The number of hydrogen-bond donors (Lipinski definition) is 1. The number of rotatable bonds is 5. The SMILES string of the molecule is CNCc1ccc(N(C)CC(=O)N(C)C)cc1Cl. The summed E-state index contributed by atoms with van der Waals surface area (Å²) in [5, 5.41) is 3.78. The first-order chi connectivity index (χ1) is 8.45. The van der Waals surface area contributed by atoms with Gasteiger partial charge in [-0.2, -0.15) is 0 Å². The van der Waals surface area contributed by atoms with E-state index in [4.69, 9.17) is 11.6 Å². The predicted molar refractivity (Wildman–Crippen MR) is 76.2 cm³/mol. The molecule has 100 valence electrons. The Morgan fingerprint density at radius 2 is 2.00 bits per heavy atom. The van der Waals surface area contributed by atoms with Crippen molar-refractivity contribution in [3.63, 3.8) is 0 Å². The molecule has 0 aromatic heterocycles. The number of nitrogens with one attached hydrogen (secondary N) is 1. The van der Waals surface area contributed by atoms with Gasteiger partial charge in [0.1, 0.15) is 0 Å². The standard InChI is InChI=1S/C13H20ClN3O/c1-15-8-10-5-6-11(7-12(10)14)17(4)9-13(18)16(2)3/h5-7,15H,8-9H2,1-4H3. The molecular formula is C13H20ClN3O. The maximum absolute atomic E-state index is 11.6. The van der Waals surface area contributed by atoms with E-state index in [1.807, 2.05) is 37.2 Å². The minimum atomic E-state index is 0.0629. The Labute approximate surface area is 114 Å². The van der Waals surface area contributed by atoms with Crippen molar-refractivity contribution < 1.29 is 4.79 Å². The molecule has 0 aliphatic rings. The van der Waals surface area contributed by atoms with Gasteiger partial charge in [0.2, 0.25) is 5.91 Å². The summed E-state index contributed by atoms with van der Waals surface area (Å²) in [4.78, 5) is 15.1. The summed E-state index contributed by atoms with van der Waals surface area (Å²) in [6, 6.07) is 5.84. The van der Waals surface area contributed by atoms with Crippen LogP contribution >= 0.6 is 11.6 Å². The van der Waals surface area contributed by atoms with Crippen LogP contribution in [-0.2, 0) is 11.3 Å². The number of carbonyl (C=O) groups is 1. The highest BCUT2D eigenvalue weighted by Gasteiger charge is 2.10. The molecule has 4 nitrogen and oxygen atoms in total. The summed E-state index contributed by atoms with van der Waals surface area (Å²) in [5.74, 6) is 0.0629. The molecule has 1 aromatic rings. The molecule has 1 rings (SSSR count). The van der Waals surface area contributed by atoms with Crippen molar-refractivity contribution in [1.29, 1.82) is 0 Å². The van der Waals surface area contributed by atoms with Crippen molar-refractivity contribution in [3.05, 3.63) is 28.8 Å². The van der Waals surface area contributed by atoms with Crippen LogP contribution in [0.2, 0.25) is 5.02 Å². The number of halogens is 1. The van der Waals surface area contributed by atoms with Crippen molar-refractivity contribution in [1.82, 2.24) is 10.2 Å². The number of amides is 1. The summed E-state index contributed by atoms with van der Waals surface area (Å²) in [7, 11) is 7.26. The van der Waals surface area contributed by atoms with E-state index >= 15 is 0 Å². The summed E-state index contributed by atoms with van der Waals surface area (Å²) in [6.45, 7) is 1.08. The molecule has 0 bridgehead atoms. The van der Waals surface area contributed by atoms with E-state index in [1.54, 1.807) is 19.0 Å². The van der Waals surface area contributed by atoms with Gasteiger partial charge in [0.15, 0.2) is 0 Å². The molecule has 1 N–H and O–H groups in total. The first kappa shape index (κ1) is 14.8. The smallest absolute Gasteiger partial charge is 0.241 e. The minimum Gasteiger partial charge on any atom is -0.365 e. The second-order valence-corrected chi connectivity index (χ2v) is 4.86. The number of anilines is 1. The van der Waals surface area contributed by atoms with Crippen molar-refractivity contribution >= 4 is 23.2 Å². The van der Waals surface area contributed by atoms with Gasteiger partial charge in [0.25, 0.3) is 0 Å². The molecule has 18 heavy (non-hydrogen) atoms. The average Bonchev–Trinajstić information content (AvgIpc) is 2.31. The van der Waals surface area contributed by atoms with Crippen LogP contribution in [0, 0.1) is 0 Å². The van der Waals surface area contributed by atoms with Crippen LogP contribution in [0.4, 0.5) is 5.69 Å². The van der Waals surface area contributed by atoms with Crippen LogP contribution < -0.4 is 10.2 Å². The van der Waals surface area contributed by atoms with Crippen LogP contribution in [0.5, 0.6) is 0 Å². The second kappa shape index (κ2) is 6.61. The largest absolute Gasteiger partial charge is 0.365 e. The predicted octanol–water partition coefficient (Wildman–Crippen LogP) is 1.58. The fourth-order valence-corrected chi connectivity index (χ4v) is 1.78. The number of benzene rings is 1. The summed E-state index contributed by atoms with van der Waals surface area (Å²) in [5.41, 5.74) is 1.99. The molecule has 0 saturated heterocycles. The molecular weight excluding hydrogens is 250 g/mol. The Hall–Kier alpha value is -1.26. The minimum absolute atomic E-state index is 0.0629. The zero-order valence-corrected chi connectivity index (χ0v) is 12.1. The van der Waals surface area contributed by atoms with E-state index in [-0.39, 0.29) is 5.91 Å². The number of likely N-dealkylation sites (N-methyl/N-ethyl adjacent to an activating group) is 2. The van der Waals surface area contributed by atoms with Crippen LogP contribution in [0.15, 0.2) is 18.2 Å². The topological polar surface area (TPSA) is 35.6 Å². The van der Waals surface area contributed by atoms with Gasteiger partial charge in [-0.1, -0.05) is 17.7 Å². The number of nitrogens with zero attached hydrogens (tertiary/aromatic N) is 2. The van der Waals surface area contributed by atoms with Gasteiger partial charge < -0.3 is 15.1 Å². The Bertz CT molecular complexity index is 421. The molecule has 0 aliphatic heterocycles. The van der Waals surface area contributed by atoms with E-state index in [0.717, 1.165) is 17.8 Å². The van der Waals surface area contributed by atoms with Gasteiger partial charge >= 0.3 is 0 Å². The molecule has 0 heterocycles. The molecule has 0 spiro atoms.